The Kier molecular flexibility index (Phi) is 3.26. The van der Waals surface area contributed by atoms with Gasteiger partial charge in [0.1, 0.15) is 5.82 Å². The number of rotatable bonds is 2. The van der Waals surface area contributed by atoms with Crippen molar-refractivity contribution in [1.82, 2.24) is 0 Å². The Labute approximate surface area is 75.6 Å². The normalized spacial score (nSPS) is 10.9. The van der Waals surface area contributed by atoms with Crippen molar-refractivity contribution in [3.8, 4) is 0 Å². The van der Waals surface area contributed by atoms with Crippen molar-refractivity contribution in [2.75, 3.05) is 6.54 Å². The van der Waals surface area contributed by atoms with Crippen LogP contribution in [0.3, 0.4) is 0 Å². The zero-order valence-electron chi connectivity index (χ0n) is 6.43. The van der Waals surface area contributed by atoms with Crippen LogP contribution in [-0.2, 0) is 0 Å². The molecule has 0 aliphatic rings. The van der Waals surface area contributed by atoms with E-state index in [9.17, 15) is 4.39 Å². The van der Waals surface area contributed by atoms with Crippen LogP contribution in [0.25, 0.3) is 6.08 Å². The molecule has 0 saturated heterocycles. The quantitative estimate of drug-likeness (QED) is 0.753. The van der Waals surface area contributed by atoms with Gasteiger partial charge >= 0.3 is 0 Å². The van der Waals surface area contributed by atoms with Gasteiger partial charge in [0.05, 0.1) is 0 Å². The summed E-state index contributed by atoms with van der Waals surface area (Å²) in [5.41, 5.74) is 5.90. The minimum atomic E-state index is -0.295. The van der Waals surface area contributed by atoms with Crippen LogP contribution < -0.4 is 5.73 Å². The summed E-state index contributed by atoms with van der Waals surface area (Å²) in [5.74, 6) is -0.295. The van der Waals surface area contributed by atoms with Crippen molar-refractivity contribution in [3.05, 3.63) is 40.7 Å². The number of nitrogens with two attached hydrogens (primary N) is 1. The lowest BCUT2D eigenvalue weighted by Crippen LogP contribution is -1.92. The third kappa shape index (κ3) is 2.32. The minimum absolute atomic E-state index is 0.295. The first-order chi connectivity index (χ1) is 5.74. The molecule has 0 aliphatic carbocycles. The summed E-state index contributed by atoms with van der Waals surface area (Å²) < 4.78 is 12.7. The fourth-order valence-electron chi connectivity index (χ4n) is 0.837. The smallest absolute Gasteiger partial charge is 0.123 e. The Balaban J connectivity index is 2.97. The highest BCUT2D eigenvalue weighted by Crippen LogP contribution is 2.17. The van der Waals surface area contributed by atoms with Crippen LogP contribution in [0.2, 0.25) is 5.02 Å². The Morgan fingerprint density at radius 1 is 1.50 bits per heavy atom. The third-order valence-corrected chi connectivity index (χ3v) is 1.74. The summed E-state index contributed by atoms with van der Waals surface area (Å²) in [7, 11) is 0. The molecule has 0 heterocycles. The van der Waals surface area contributed by atoms with E-state index < -0.39 is 0 Å². The van der Waals surface area contributed by atoms with Crippen LogP contribution >= 0.6 is 11.6 Å². The second kappa shape index (κ2) is 4.24. The van der Waals surface area contributed by atoms with Crippen LogP contribution in [0.15, 0.2) is 24.3 Å². The van der Waals surface area contributed by atoms with Crippen LogP contribution in [0.1, 0.15) is 5.56 Å². The SMILES string of the molecule is NCC=Cc1cc(F)ccc1Cl. The number of benzene rings is 1. The third-order valence-electron chi connectivity index (χ3n) is 1.39. The second-order valence-corrected chi connectivity index (χ2v) is 2.71. The molecule has 0 bridgehead atoms. The van der Waals surface area contributed by atoms with Crippen molar-refractivity contribution in [2.45, 2.75) is 0 Å². The van der Waals surface area contributed by atoms with Crippen LogP contribution in [0.4, 0.5) is 4.39 Å². The summed E-state index contributed by atoms with van der Waals surface area (Å²) in [5, 5.41) is 0.529. The molecule has 1 aromatic carbocycles. The van der Waals surface area contributed by atoms with Gasteiger partial charge in [0.15, 0.2) is 0 Å². The van der Waals surface area contributed by atoms with E-state index in [2.05, 4.69) is 0 Å². The second-order valence-electron chi connectivity index (χ2n) is 2.30. The summed E-state index contributed by atoms with van der Waals surface area (Å²) in [4.78, 5) is 0. The average molecular weight is 186 g/mol. The van der Waals surface area contributed by atoms with Gasteiger partial charge in [-0.3, -0.25) is 0 Å². The van der Waals surface area contributed by atoms with E-state index in [0.717, 1.165) is 0 Å². The lowest BCUT2D eigenvalue weighted by atomic mass is 10.2. The highest BCUT2D eigenvalue weighted by Gasteiger charge is 1.96. The first-order valence-corrected chi connectivity index (χ1v) is 3.93. The molecule has 0 radical (unpaired) electrons. The maximum atomic E-state index is 12.7. The summed E-state index contributed by atoms with van der Waals surface area (Å²) in [6.07, 6.45) is 3.42. The predicted molar refractivity (Wildman–Crippen MR) is 49.5 cm³/mol. The topological polar surface area (TPSA) is 26.0 Å². The van der Waals surface area contributed by atoms with Crippen LogP contribution in [0, 0.1) is 5.82 Å². The molecule has 12 heavy (non-hydrogen) atoms. The molecule has 0 amide bonds. The molecular weight excluding hydrogens is 177 g/mol. The van der Waals surface area contributed by atoms with E-state index in [1.165, 1.54) is 18.2 Å². The van der Waals surface area contributed by atoms with Crippen molar-refractivity contribution in [1.29, 1.82) is 0 Å². The monoisotopic (exact) mass is 185 g/mol. The molecule has 3 heteroatoms. The first-order valence-electron chi connectivity index (χ1n) is 3.55. The Morgan fingerprint density at radius 2 is 2.25 bits per heavy atom. The van der Waals surface area contributed by atoms with E-state index in [0.29, 0.717) is 17.1 Å². The van der Waals surface area contributed by atoms with Gasteiger partial charge in [-0.2, -0.15) is 0 Å². The van der Waals surface area contributed by atoms with Crippen molar-refractivity contribution in [3.63, 3.8) is 0 Å². The summed E-state index contributed by atoms with van der Waals surface area (Å²) in [6.45, 7) is 0.423. The minimum Gasteiger partial charge on any atom is -0.327 e. The lowest BCUT2D eigenvalue weighted by Gasteiger charge is -1.96. The van der Waals surface area contributed by atoms with E-state index in [4.69, 9.17) is 17.3 Å². The van der Waals surface area contributed by atoms with Gasteiger partial charge in [-0.25, -0.2) is 4.39 Å². The highest BCUT2D eigenvalue weighted by molar-refractivity contribution is 6.32. The maximum Gasteiger partial charge on any atom is 0.123 e. The zero-order valence-corrected chi connectivity index (χ0v) is 7.18. The molecule has 0 spiro atoms. The van der Waals surface area contributed by atoms with Gasteiger partial charge in [-0.15, -0.1) is 0 Å². The number of hydrogen-bond acceptors (Lipinski definition) is 1. The Morgan fingerprint density at radius 3 is 2.92 bits per heavy atom. The van der Waals surface area contributed by atoms with Gasteiger partial charge in [0.25, 0.3) is 0 Å². The fourth-order valence-corrected chi connectivity index (χ4v) is 1.02. The highest BCUT2D eigenvalue weighted by atomic mass is 35.5. The molecule has 0 saturated carbocycles. The molecular formula is C9H9ClFN. The van der Waals surface area contributed by atoms with E-state index in [-0.39, 0.29) is 5.82 Å². The lowest BCUT2D eigenvalue weighted by molar-refractivity contribution is 0.627. The van der Waals surface area contributed by atoms with Crippen LogP contribution in [0.5, 0.6) is 0 Å². The van der Waals surface area contributed by atoms with Gasteiger partial charge < -0.3 is 5.73 Å². The largest absolute Gasteiger partial charge is 0.327 e. The summed E-state index contributed by atoms with van der Waals surface area (Å²) >= 11 is 5.77. The molecule has 64 valence electrons. The first kappa shape index (κ1) is 9.23. The molecule has 0 atom stereocenters. The van der Waals surface area contributed by atoms with Crippen molar-refractivity contribution >= 4 is 17.7 Å². The van der Waals surface area contributed by atoms with E-state index >= 15 is 0 Å². The zero-order chi connectivity index (χ0) is 8.97. The fraction of sp³-hybridized carbons (Fsp3) is 0.111. The maximum absolute atomic E-state index is 12.7. The Bertz CT molecular complexity index is 297. The van der Waals surface area contributed by atoms with Gasteiger partial charge in [-0.05, 0) is 23.8 Å². The predicted octanol–water partition coefficient (Wildman–Crippen LogP) is 2.45. The van der Waals surface area contributed by atoms with E-state index in [1.54, 1.807) is 12.2 Å². The molecule has 0 aliphatic heterocycles. The average Bonchev–Trinajstić information content (AvgIpc) is 2.07. The van der Waals surface area contributed by atoms with Crippen molar-refractivity contribution < 1.29 is 4.39 Å². The molecule has 2 N–H and O–H groups in total. The van der Waals surface area contributed by atoms with Crippen LogP contribution in [-0.4, -0.2) is 6.54 Å². The standard InChI is InChI=1S/C9H9ClFN/c10-9-4-3-8(11)6-7(9)2-1-5-12/h1-4,6H,5,12H2. The molecule has 1 rings (SSSR count). The van der Waals surface area contributed by atoms with E-state index in [1.807, 2.05) is 0 Å². The molecule has 0 fully saturated rings. The molecule has 0 unspecified atom stereocenters. The Hall–Kier alpha value is -0.860. The number of halogens is 2. The van der Waals surface area contributed by atoms with Gasteiger partial charge in [0, 0.05) is 11.6 Å². The molecule has 0 aromatic heterocycles. The molecule has 1 aromatic rings. The summed E-state index contributed by atoms with van der Waals surface area (Å²) in [6, 6.07) is 4.21. The van der Waals surface area contributed by atoms with Crippen molar-refractivity contribution in [2.24, 2.45) is 5.73 Å². The van der Waals surface area contributed by atoms with Gasteiger partial charge in [-0.1, -0.05) is 23.8 Å². The molecule has 1 nitrogen and oxygen atoms in total. The van der Waals surface area contributed by atoms with Gasteiger partial charge in [0.2, 0.25) is 0 Å². The number of hydrogen-bond donors (Lipinski definition) is 1.